The number of amides is 1. The van der Waals surface area contributed by atoms with E-state index in [0.29, 0.717) is 25.2 Å². The van der Waals surface area contributed by atoms with Crippen LogP contribution in [0.3, 0.4) is 0 Å². The van der Waals surface area contributed by atoms with E-state index < -0.39 is 5.60 Å². The van der Waals surface area contributed by atoms with Crippen LogP contribution in [0.15, 0.2) is 18.2 Å². The summed E-state index contributed by atoms with van der Waals surface area (Å²) in [5, 5.41) is 0. The van der Waals surface area contributed by atoms with E-state index in [4.69, 9.17) is 9.47 Å². The summed E-state index contributed by atoms with van der Waals surface area (Å²) in [6.07, 6.45) is -0.279. The highest BCUT2D eigenvalue weighted by Gasteiger charge is 2.30. The molecule has 0 bridgehead atoms. The van der Waals surface area contributed by atoms with Gasteiger partial charge in [-0.1, -0.05) is 6.07 Å². The second-order valence-corrected chi connectivity index (χ2v) is 7.46. The van der Waals surface area contributed by atoms with Crippen LogP contribution in [-0.4, -0.2) is 55.3 Å². The minimum atomic E-state index is -0.496. The Balaban J connectivity index is 2.11. The molecule has 1 amide bonds. The first-order valence-electron chi connectivity index (χ1n) is 8.56. The SMILES string of the molecule is COC(=O)c1cc(N2CCN(C(=O)OC(C)(C)C)CC2C)ccc1C. The Morgan fingerprint density at radius 2 is 1.88 bits per heavy atom. The van der Waals surface area contributed by atoms with Crippen molar-refractivity contribution in [3.8, 4) is 0 Å². The molecule has 1 aromatic carbocycles. The van der Waals surface area contributed by atoms with Crippen LogP contribution < -0.4 is 4.90 Å². The first kappa shape index (κ1) is 19.1. The molecule has 6 heteroatoms. The third-order valence-corrected chi connectivity index (χ3v) is 4.24. The fourth-order valence-electron chi connectivity index (χ4n) is 2.95. The number of anilines is 1. The lowest BCUT2D eigenvalue weighted by atomic mass is 10.1. The lowest BCUT2D eigenvalue weighted by molar-refractivity contribution is 0.0218. The summed E-state index contributed by atoms with van der Waals surface area (Å²) in [6.45, 7) is 11.4. The van der Waals surface area contributed by atoms with E-state index in [1.165, 1.54) is 7.11 Å². The molecule has 0 N–H and O–H groups in total. The quantitative estimate of drug-likeness (QED) is 0.768. The van der Waals surface area contributed by atoms with Gasteiger partial charge in [0.05, 0.1) is 12.7 Å². The Bertz CT molecular complexity index is 651. The van der Waals surface area contributed by atoms with Gasteiger partial charge in [0.2, 0.25) is 0 Å². The number of aryl methyl sites for hydroxylation is 1. The second-order valence-electron chi connectivity index (χ2n) is 7.46. The molecule has 0 aromatic heterocycles. The number of ether oxygens (including phenoxy) is 2. The van der Waals surface area contributed by atoms with Gasteiger partial charge in [0, 0.05) is 31.4 Å². The average Bonchev–Trinajstić information content (AvgIpc) is 2.53. The van der Waals surface area contributed by atoms with Gasteiger partial charge in [0.15, 0.2) is 0 Å². The first-order valence-corrected chi connectivity index (χ1v) is 8.56. The molecule has 1 aliphatic rings. The van der Waals surface area contributed by atoms with Crippen LogP contribution in [0.5, 0.6) is 0 Å². The average molecular weight is 348 g/mol. The highest BCUT2D eigenvalue weighted by Crippen LogP contribution is 2.25. The number of nitrogens with zero attached hydrogens (tertiary/aromatic N) is 2. The molecule has 1 atom stereocenters. The smallest absolute Gasteiger partial charge is 0.410 e. The van der Waals surface area contributed by atoms with Crippen LogP contribution in [0, 0.1) is 6.92 Å². The summed E-state index contributed by atoms with van der Waals surface area (Å²) >= 11 is 0. The van der Waals surface area contributed by atoms with Gasteiger partial charge in [-0.25, -0.2) is 9.59 Å². The fraction of sp³-hybridized carbons (Fsp3) is 0.579. The number of rotatable bonds is 2. The molecule has 1 heterocycles. The number of piperazine rings is 1. The maximum atomic E-state index is 12.3. The monoisotopic (exact) mass is 348 g/mol. The Morgan fingerprint density at radius 1 is 1.20 bits per heavy atom. The molecule has 1 aromatic rings. The maximum Gasteiger partial charge on any atom is 0.410 e. The van der Waals surface area contributed by atoms with Gasteiger partial charge in [-0.2, -0.15) is 0 Å². The van der Waals surface area contributed by atoms with Crippen molar-refractivity contribution in [2.24, 2.45) is 0 Å². The molecule has 6 nitrogen and oxygen atoms in total. The number of methoxy groups -OCH3 is 1. The number of carbonyl (C=O) groups is 2. The maximum absolute atomic E-state index is 12.3. The molecule has 1 saturated heterocycles. The number of hydrogen-bond donors (Lipinski definition) is 0. The lowest BCUT2D eigenvalue weighted by Crippen LogP contribution is -2.54. The third-order valence-electron chi connectivity index (χ3n) is 4.24. The molecular formula is C19H28N2O4. The predicted octanol–water partition coefficient (Wildman–Crippen LogP) is 3.23. The Kier molecular flexibility index (Phi) is 5.60. The van der Waals surface area contributed by atoms with Gasteiger partial charge in [-0.05, 0) is 52.3 Å². The van der Waals surface area contributed by atoms with Gasteiger partial charge < -0.3 is 19.3 Å². The Labute approximate surface area is 149 Å². The predicted molar refractivity (Wildman–Crippen MR) is 97.1 cm³/mol. The van der Waals surface area contributed by atoms with E-state index in [2.05, 4.69) is 11.8 Å². The summed E-state index contributed by atoms with van der Waals surface area (Å²) in [5.74, 6) is -0.334. The van der Waals surface area contributed by atoms with Gasteiger partial charge in [0.25, 0.3) is 0 Å². The highest BCUT2D eigenvalue weighted by atomic mass is 16.6. The zero-order valence-corrected chi connectivity index (χ0v) is 16.0. The summed E-state index contributed by atoms with van der Waals surface area (Å²) < 4.78 is 10.3. The Morgan fingerprint density at radius 3 is 2.44 bits per heavy atom. The molecule has 1 fully saturated rings. The molecule has 0 saturated carbocycles. The first-order chi connectivity index (χ1) is 11.6. The van der Waals surface area contributed by atoms with Crippen LogP contribution in [0.1, 0.15) is 43.6 Å². The molecule has 1 unspecified atom stereocenters. The molecule has 1 aliphatic heterocycles. The summed E-state index contributed by atoms with van der Waals surface area (Å²) in [6, 6.07) is 5.91. The van der Waals surface area contributed by atoms with Crippen LogP contribution in [0.2, 0.25) is 0 Å². The minimum absolute atomic E-state index is 0.120. The van der Waals surface area contributed by atoms with Crippen molar-refractivity contribution >= 4 is 17.7 Å². The van der Waals surface area contributed by atoms with Crippen molar-refractivity contribution in [2.45, 2.75) is 46.3 Å². The normalized spacial score (nSPS) is 18.1. The van der Waals surface area contributed by atoms with Gasteiger partial charge in [-0.3, -0.25) is 0 Å². The lowest BCUT2D eigenvalue weighted by Gasteiger charge is -2.41. The molecule has 0 spiro atoms. The zero-order chi connectivity index (χ0) is 18.8. The van der Waals surface area contributed by atoms with Crippen LogP contribution in [-0.2, 0) is 9.47 Å². The molecule has 138 valence electrons. The van der Waals surface area contributed by atoms with Crippen LogP contribution in [0.25, 0.3) is 0 Å². The van der Waals surface area contributed by atoms with E-state index >= 15 is 0 Å². The zero-order valence-electron chi connectivity index (χ0n) is 16.0. The van der Waals surface area contributed by atoms with Gasteiger partial charge in [-0.15, -0.1) is 0 Å². The van der Waals surface area contributed by atoms with E-state index in [-0.39, 0.29) is 18.1 Å². The summed E-state index contributed by atoms with van der Waals surface area (Å²) in [5.41, 5.74) is 1.92. The standard InChI is InChI=1S/C19H28N2O4/c1-13-7-8-15(11-16(13)17(22)24-6)21-10-9-20(12-14(21)2)18(23)25-19(3,4)5/h7-8,11,14H,9-10,12H2,1-6H3. The second kappa shape index (κ2) is 7.33. The van der Waals surface area contributed by atoms with Crippen molar-refractivity contribution in [1.82, 2.24) is 4.90 Å². The van der Waals surface area contributed by atoms with Crippen molar-refractivity contribution < 1.29 is 19.1 Å². The van der Waals surface area contributed by atoms with E-state index in [1.807, 2.05) is 45.9 Å². The van der Waals surface area contributed by atoms with Gasteiger partial charge in [0.1, 0.15) is 5.60 Å². The van der Waals surface area contributed by atoms with E-state index in [1.54, 1.807) is 4.90 Å². The summed E-state index contributed by atoms with van der Waals surface area (Å²) in [4.78, 5) is 28.1. The number of esters is 1. The number of carbonyl (C=O) groups excluding carboxylic acids is 2. The summed E-state index contributed by atoms with van der Waals surface area (Å²) in [7, 11) is 1.39. The fourth-order valence-corrected chi connectivity index (χ4v) is 2.95. The van der Waals surface area contributed by atoms with Crippen molar-refractivity contribution in [3.63, 3.8) is 0 Å². The van der Waals surface area contributed by atoms with Crippen LogP contribution >= 0.6 is 0 Å². The molecule has 0 radical (unpaired) electrons. The van der Waals surface area contributed by atoms with E-state index in [9.17, 15) is 9.59 Å². The van der Waals surface area contributed by atoms with Gasteiger partial charge >= 0.3 is 12.1 Å². The Hall–Kier alpha value is -2.24. The van der Waals surface area contributed by atoms with Crippen molar-refractivity contribution in [3.05, 3.63) is 29.3 Å². The third kappa shape index (κ3) is 4.65. The topological polar surface area (TPSA) is 59.1 Å². The molecule has 25 heavy (non-hydrogen) atoms. The number of hydrogen-bond acceptors (Lipinski definition) is 5. The molecule has 0 aliphatic carbocycles. The molecule has 2 rings (SSSR count). The largest absolute Gasteiger partial charge is 0.465 e. The highest BCUT2D eigenvalue weighted by molar-refractivity contribution is 5.92. The van der Waals surface area contributed by atoms with Crippen molar-refractivity contribution in [1.29, 1.82) is 0 Å². The molecular weight excluding hydrogens is 320 g/mol. The van der Waals surface area contributed by atoms with E-state index in [0.717, 1.165) is 11.3 Å². The number of benzene rings is 1. The minimum Gasteiger partial charge on any atom is -0.465 e. The van der Waals surface area contributed by atoms with Crippen molar-refractivity contribution in [2.75, 3.05) is 31.6 Å². The van der Waals surface area contributed by atoms with Crippen LogP contribution in [0.4, 0.5) is 10.5 Å².